The van der Waals surface area contributed by atoms with Crippen molar-refractivity contribution in [1.29, 1.82) is 0 Å². The molecular formula is C21H26N4O3. The molecule has 2 fully saturated rings. The SMILES string of the molecule is COc1cc(C(=O)N2CCN(C(=O)CN3CCCC3)CC2)c2ccccc2n1. The van der Waals surface area contributed by atoms with Crippen molar-refractivity contribution in [2.24, 2.45) is 0 Å². The Kier molecular flexibility index (Phi) is 5.43. The molecule has 2 amide bonds. The summed E-state index contributed by atoms with van der Waals surface area (Å²) in [5.41, 5.74) is 1.34. The highest BCUT2D eigenvalue weighted by Crippen LogP contribution is 2.23. The van der Waals surface area contributed by atoms with E-state index in [1.165, 1.54) is 12.8 Å². The number of aromatic nitrogens is 1. The van der Waals surface area contributed by atoms with Gasteiger partial charge in [0, 0.05) is 37.6 Å². The molecule has 2 aliphatic rings. The number of nitrogens with zero attached hydrogens (tertiary/aromatic N) is 4. The Morgan fingerprint density at radius 3 is 2.39 bits per heavy atom. The lowest BCUT2D eigenvalue weighted by Gasteiger charge is -2.35. The zero-order chi connectivity index (χ0) is 19.5. The lowest BCUT2D eigenvalue weighted by atomic mass is 10.1. The number of para-hydroxylation sites is 1. The summed E-state index contributed by atoms with van der Waals surface area (Å²) in [5.74, 6) is 0.565. The molecule has 2 saturated heterocycles. The molecule has 0 spiro atoms. The summed E-state index contributed by atoms with van der Waals surface area (Å²) in [6.07, 6.45) is 2.36. The number of pyridine rings is 1. The van der Waals surface area contributed by atoms with E-state index in [2.05, 4.69) is 9.88 Å². The molecule has 7 nitrogen and oxygen atoms in total. The molecule has 1 aromatic heterocycles. The monoisotopic (exact) mass is 382 g/mol. The van der Waals surface area contributed by atoms with Gasteiger partial charge in [0.25, 0.3) is 5.91 Å². The molecule has 148 valence electrons. The first-order chi connectivity index (χ1) is 13.7. The van der Waals surface area contributed by atoms with E-state index in [-0.39, 0.29) is 11.8 Å². The molecule has 1 aromatic carbocycles. The predicted molar refractivity (Wildman–Crippen MR) is 106 cm³/mol. The van der Waals surface area contributed by atoms with Crippen molar-refractivity contribution in [3.63, 3.8) is 0 Å². The Morgan fingerprint density at radius 2 is 1.68 bits per heavy atom. The van der Waals surface area contributed by atoms with Gasteiger partial charge in [0.05, 0.1) is 24.7 Å². The van der Waals surface area contributed by atoms with E-state index in [0.29, 0.717) is 44.2 Å². The van der Waals surface area contributed by atoms with Crippen LogP contribution in [0, 0.1) is 0 Å². The van der Waals surface area contributed by atoms with Crippen LogP contribution in [-0.2, 0) is 4.79 Å². The fourth-order valence-electron chi connectivity index (χ4n) is 3.99. The smallest absolute Gasteiger partial charge is 0.254 e. The summed E-state index contributed by atoms with van der Waals surface area (Å²) in [5, 5.41) is 0.820. The Balaban J connectivity index is 1.44. The Labute approximate surface area is 164 Å². The second-order valence-corrected chi connectivity index (χ2v) is 7.39. The first-order valence-electron chi connectivity index (χ1n) is 9.89. The molecule has 0 atom stereocenters. The maximum absolute atomic E-state index is 13.2. The Morgan fingerprint density at radius 1 is 1.00 bits per heavy atom. The summed E-state index contributed by atoms with van der Waals surface area (Å²) in [4.78, 5) is 36.0. The third-order valence-electron chi connectivity index (χ3n) is 5.61. The van der Waals surface area contributed by atoms with E-state index in [9.17, 15) is 9.59 Å². The second kappa shape index (κ2) is 8.14. The van der Waals surface area contributed by atoms with E-state index in [4.69, 9.17) is 4.74 Å². The van der Waals surface area contributed by atoms with Crippen LogP contribution in [0.5, 0.6) is 5.88 Å². The second-order valence-electron chi connectivity index (χ2n) is 7.39. The van der Waals surface area contributed by atoms with Gasteiger partial charge in [-0.1, -0.05) is 18.2 Å². The van der Waals surface area contributed by atoms with Crippen LogP contribution in [0.15, 0.2) is 30.3 Å². The highest BCUT2D eigenvalue weighted by Gasteiger charge is 2.27. The predicted octanol–water partition coefficient (Wildman–Crippen LogP) is 1.62. The number of carbonyl (C=O) groups excluding carboxylic acids is 2. The normalized spacial score (nSPS) is 17.9. The third kappa shape index (κ3) is 3.80. The van der Waals surface area contributed by atoms with Crippen molar-refractivity contribution >= 4 is 22.7 Å². The van der Waals surface area contributed by atoms with Crippen molar-refractivity contribution in [3.8, 4) is 5.88 Å². The maximum Gasteiger partial charge on any atom is 0.254 e. The number of hydrogen-bond acceptors (Lipinski definition) is 5. The largest absolute Gasteiger partial charge is 0.481 e. The molecule has 0 aliphatic carbocycles. The first kappa shape index (κ1) is 18.7. The van der Waals surface area contributed by atoms with Gasteiger partial charge >= 0.3 is 0 Å². The standard InChI is InChI=1S/C21H26N4O3/c1-28-19-14-17(16-6-2-3-7-18(16)22-19)21(27)25-12-10-24(11-13-25)20(26)15-23-8-4-5-9-23/h2-3,6-7,14H,4-5,8-13,15H2,1H3. The van der Waals surface area contributed by atoms with Crippen molar-refractivity contribution in [1.82, 2.24) is 19.7 Å². The van der Waals surface area contributed by atoms with Crippen LogP contribution in [0.4, 0.5) is 0 Å². The number of fused-ring (bicyclic) bond motifs is 1. The number of amides is 2. The quantitative estimate of drug-likeness (QED) is 0.804. The number of methoxy groups -OCH3 is 1. The van der Waals surface area contributed by atoms with Crippen LogP contribution in [0.25, 0.3) is 10.9 Å². The van der Waals surface area contributed by atoms with Crippen molar-refractivity contribution in [2.45, 2.75) is 12.8 Å². The molecule has 2 aliphatic heterocycles. The van der Waals surface area contributed by atoms with Gasteiger partial charge in [0.15, 0.2) is 0 Å². The molecule has 0 saturated carbocycles. The average molecular weight is 382 g/mol. The fraction of sp³-hybridized carbons (Fsp3) is 0.476. The zero-order valence-electron chi connectivity index (χ0n) is 16.3. The number of carbonyl (C=O) groups is 2. The van der Waals surface area contributed by atoms with Gasteiger partial charge < -0.3 is 14.5 Å². The van der Waals surface area contributed by atoms with Crippen LogP contribution in [-0.4, -0.2) is 84.4 Å². The topological polar surface area (TPSA) is 66.0 Å². The van der Waals surface area contributed by atoms with E-state index < -0.39 is 0 Å². The van der Waals surface area contributed by atoms with Crippen LogP contribution in [0.2, 0.25) is 0 Å². The summed E-state index contributed by atoms with van der Waals surface area (Å²) >= 11 is 0. The lowest BCUT2D eigenvalue weighted by molar-refractivity contribution is -0.133. The van der Waals surface area contributed by atoms with Gasteiger partial charge in [-0.15, -0.1) is 0 Å². The van der Waals surface area contributed by atoms with Gasteiger partial charge in [-0.2, -0.15) is 0 Å². The van der Waals surface area contributed by atoms with Gasteiger partial charge in [0.2, 0.25) is 11.8 Å². The number of benzene rings is 1. The maximum atomic E-state index is 13.2. The van der Waals surface area contributed by atoms with Crippen LogP contribution < -0.4 is 4.74 Å². The number of ether oxygens (including phenoxy) is 1. The van der Waals surface area contributed by atoms with Crippen LogP contribution in [0.1, 0.15) is 23.2 Å². The van der Waals surface area contributed by atoms with Gasteiger partial charge in [-0.05, 0) is 32.0 Å². The minimum absolute atomic E-state index is 0.0384. The van der Waals surface area contributed by atoms with Crippen LogP contribution >= 0.6 is 0 Å². The fourth-order valence-corrected chi connectivity index (χ4v) is 3.99. The van der Waals surface area contributed by atoms with Gasteiger partial charge in [-0.3, -0.25) is 14.5 Å². The molecule has 0 N–H and O–H groups in total. The Bertz CT molecular complexity index is 871. The first-order valence-corrected chi connectivity index (χ1v) is 9.89. The summed E-state index contributed by atoms with van der Waals surface area (Å²) < 4.78 is 5.27. The summed E-state index contributed by atoms with van der Waals surface area (Å²) in [6.45, 7) is 4.78. The van der Waals surface area contributed by atoms with E-state index in [0.717, 1.165) is 24.0 Å². The molecular weight excluding hydrogens is 356 g/mol. The molecule has 28 heavy (non-hydrogen) atoms. The van der Waals surface area contributed by atoms with E-state index >= 15 is 0 Å². The number of rotatable bonds is 4. The zero-order valence-corrected chi connectivity index (χ0v) is 16.3. The summed E-state index contributed by atoms with van der Waals surface area (Å²) in [6, 6.07) is 9.29. The van der Waals surface area contributed by atoms with E-state index in [1.54, 1.807) is 13.2 Å². The highest BCUT2D eigenvalue weighted by atomic mass is 16.5. The minimum atomic E-state index is -0.0384. The van der Waals surface area contributed by atoms with Gasteiger partial charge in [-0.25, -0.2) is 4.98 Å². The van der Waals surface area contributed by atoms with Crippen molar-refractivity contribution < 1.29 is 14.3 Å². The van der Waals surface area contributed by atoms with Gasteiger partial charge in [0.1, 0.15) is 0 Å². The number of likely N-dealkylation sites (tertiary alicyclic amines) is 1. The summed E-state index contributed by atoms with van der Waals surface area (Å²) in [7, 11) is 1.55. The van der Waals surface area contributed by atoms with Crippen molar-refractivity contribution in [3.05, 3.63) is 35.9 Å². The lowest BCUT2D eigenvalue weighted by Crippen LogP contribution is -2.52. The molecule has 0 radical (unpaired) electrons. The molecule has 0 unspecified atom stereocenters. The molecule has 3 heterocycles. The molecule has 4 rings (SSSR count). The third-order valence-corrected chi connectivity index (χ3v) is 5.61. The Hall–Kier alpha value is -2.67. The average Bonchev–Trinajstić information content (AvgIpc) is 3.25. The number of piperazine rings is 1. The molecule has 2 aromatic rings. The number of hydrogen-bond donors (Lipinski definition) is 0. The highest BCUT2D eigenvalue weighted by molar-refractivity contribution is 6.06. The van der Waals surface area contributed by atoms with Crippen LogP contribution in [0.3, 0.4) is 0 Å². The molecule has 7 heteroatoms. The van der Waals surface area contributed by atoms with Crippen molar-refractivity contribution in [2.75, 3.05) is 52.9 Å². The minimum Gasteiger partial charge on any atom is -0.481 e. The molecule has 0 bridgehead atoms. The van der Waals surface area contributed by atoms with E-state index in [1.807, 2.05) is 34.1 Å².